The van der Waals surface area contributed by atoms with Gasteiger partial charge in [0.15, 0.2) is 0 Å². The zero-order chi connectivity index (χ0) is 12.4. The first-order chi connectivity index (χ1) is 8.08. The Morgan fingerprint density at radius 3 is 2.47 bits per heavy atom. The molecule has 1 saturated heterocycles. The Kier molecular flexibility index (Phi) is 3.28. The molecule has 5 heteroatoms. The van der Waals surface area contributed by atoms with Crippen molar-refractivity contribution in [2.75, 3.05) is 38.1 Å². The molecular formula is C12H15FN2O2. The van der Waals surface area contributed by atoms with Crippen molar-refractivity contribution < 1.29 is 14.3 Å². The molecule has 1 aromatic rings. The Morgan fingerprint density at radius 1 is 1.29 bits per heavy atom. The van der Waals surface area contributed by atoms with E-state index < -0.39 is 11.8 Å². The average Bonchev–Trinajstić information content (AvgIpc) is 2.29. The van der Waals surface area contributed by atoms with Crippen molar-refractivity contribution in [2.24, 2.45) is 0 Å². The van der Waals surface area contributed by atoms with Crippen LogP contribution < -0.4 is 4.90 Å². The predicted octanol–water partition coefficient (Wildman–Crippen LogP) is 1.28. The van der Waals surface area contributed by atoms with Gasteiger partial charge in [0.2, 0.25) is 0 Å². The Morgan fingerprint density at radius 2 is 1.94 bits per heavy atom. The fourth-order valence-corrected chi connectivity index (χ4v) is 1.94. The summed E-state index contributed by atoms with van der Waals surface area (Å²) in [6.07, 6.45) is 0. The number of rotatable bonds is 2. The summed E-state index contributed by atoms with van der Waals surface area (Å²) >= 11 is 0. The Balaban J connectivity index is 2.17. The molecule has 0 atom stereocenters. The van der Waals surface area contributed by atoms with Gasteiger partial charge in [-0.25, -0.2) is 9.18 Å². The quantitative estimate of drug-likeness (QED) is 0.842. The predicted molar refractivity (Wildman–Crippen MR) is 63.1 cm³/mol. The molecule has 0 saturated carbocycles. The van der Waals surface area contributed by atoms with E-state index in [0.717, 1.165) is 31.9 Å². The average molecular weight is 238 g/mol. The molecule has 4 nitrogen and oxygen atoms in total. The van der Waals surface area contributed by atoms with Crippen LogP contribution in [0.4, 0.5) is 10.1 Å². The van der Waals surface area contributed by atoms with E-state index in [9.17, 15) is 9.18 Å². The summed E-state index contributed by atoms with van der Waals surface area (Å²) in [4.78, 5) is 15.0. The van der Waals surface area contributed by atoms with E-state index in [1.54, 1.807) is 6.07 Å². The van der Waals surface area contributed by atoms with E-state index in [1.807, 2.05) is 7.05 Å². The maximum atomic E-state index is 13.5. The van der Waals surface area contributed by atoms with Gasteiger partial charge in [-0.1, -0.05) is 0 Å². The van der Waals surface area contributed by atoms with Crippen LogP contribution in [0, 0.1) is 5.82 Å². The summed E-state index contributed by atoms with van der Waals surface area (Å²) in [5.74, 6) is -1.90. The molecular weight excluding hydrogens is 223 g/mol. The highest BCUT2D eigenvalue weighted by Gasteiger charge is 2.17. The van der Waals surface area contributed by atoms with Crippen molar-refractivity contribution in [1.29, 1.82) is 0 Å². The first-order valence-electron chi connectivity index (χ1n) is 5.54. The number of carbonyl (C=O) groups is 1. The number of benzene rings is 1. The smallest absolute Gasteiger partial charge is 0.338 e. The second-order valence-corrected chi connectivity index (χ2v) is 4.26. The van der Waals surface area contributed by atoms with Gasteiger partial charge >= 0.3 is 5.97 Å². The van der Waals surface area contributed by atoms with Crippen molar-refractivity contribution in [2.45, 2.75) is 0 Å². The van der Waals surface area contributed by atoms with Crippen LogP contribution in [-0.2, 0) is 0 Å². The molecule has 1 aliphatic heterocycles. The van der Waals surface area contributed by atoms with Gasteiger partial charge in [0.1, 0.15) is 5.82 Å². The summed E-state index contributed by atoms with van der Waals surface area (Å²) < 4.78 is 13.5. The van der Waals surface area contributed by atoms with Crippen molar-refractivity contribution >= 4 is 11.7 Å². The van der Waals surface area contributed by atoms with Crippen molar-refractivity contribution in [1.82, 2.24) is 4.90 Å². The highest BCUT2D eigenvalue weighted by Crippen LogP contribution is 2.20. The third kappa shape index (κ3) is 2.55. The highest BCUT2D eigenvalue weighted by atomic mass is 19.1. The van der Waals surface area contributed by atoms with Gasteiger partial charge in [-0.3, -0.25) is 0 Å². The number of anilines is 1. The van der Waals surface area contributed by atoms with Crippen LogP contribution in [-0.4, -0.2) is 49.2 Å². The van der Waals surface area contributed by atoms with Crippen LogP contribution in [0.3, 0.4) is 0 Å². The molecule has 0 radical (unpaired) electrons. The second kappa shape index (κ2) is 4.71. The maximum absolute atomic E-state index is 13.5. The lowest BCUT2D eigenvalue weighted by Gasteiger charge is -2.34. The molecule has 17 heavy (non-hydrogen) atoms. The van der Waals surface area contributed by atoms with Crippen LogP contribution in [0.2, 0.25) is 0 Å². The minimum atomic E-state index is -1.23. The Labute approximate surface area is 99.3 Å². The zero-order valence-electron chi connectivity index (χ0n) is 9.69. The number of hydrogen-bond acceptors (Lipinski definition) is 3. The van der Waals surface area contributed by atoms with Crippen molar-refractivity contribution in [3.05, 3.63) is 29.6 Å². The number of carboxylic acids is 1. The molecule has 1 heterocycles. The number of aromatic carboxylic acids is 1. The van der Waals surface area contributed by atoms with Gasteiger partial charge in [-0.2, -0.15) is 0 Å². The largest absolute Gasteiger partial charge is 0.478 e. The third-order valence-electron chi connectivity index (χ3n) is 3.05. The monoisotopic (exact) mass is 238 g/mol. The third-order valence-corrected chi connectivity index (χ3v) is 3.05. The lowest BCUT2D eigenvalue weighted by molar-refractivity contribution is 0.0692. The number of piperazine rings is 1. The summed E-state index contributed by atoms with van der Waals surface area (Å²) in [7, 11) is 2.05. The van der Waals surface area contributed by atoms with Gasteiger partial charge in [0.05, 0.1) is 5.56 Å². The number of nitrogens with zero attached hydrogens (tertiary/aromatic N) is 2. The maximum Gasteiger partial charge on any atom is 0.338 e. The van der Waals surface area contributed by atoms with Gasteiger partial charge in [0, 0.05) is 31.9 Å². The van der Waals surface area contributed by atoms with Crippen LogP contribution >= 0.6 is 0 Å². The first-order valence-corrected chi connectivity index (χ1v) is 5.54. The molecule has 92 valence electrons. The molecule has 0 bridgehead atoms. The molecule has 1 N–H and O–H groups in total. The Hall–Kier alpha value is -1.62. The van der Waals surface area contributed by atoms with Crippen molar-refractivity contribution in [3.63, 3.8) is 0 Å². The van der Waals surface area contributed by atoms with E-state index in [0.29, 0.717) is 0 Å². The molecule has 1 fully saturated rings. The van der Waals surface area contributed by atoms with Crippen LogP contribution in [0.5, 0.6) is 0 Å². The minimum Gasteiger partial charge on any atom is -0.478 e. The van der Waals surface area contributed by atoms with E-state index in [-0.39, 0.29) is 5.56 Å². The molecule has 1 aliphatic rings. The van der Waals surface area contributed by atoms with E-state index in [2.05, 4.69) is 9.80 Å². The van der Waals surface area contributed by atoms with Crippen LogP contribution in [0.25, 0.3) is 0 Å². The number of halogens is 1. The van der Waals surface area contributed by atoms with Gasteiger partial charge in [0.25, 0.3) is 0 Å². The first kappa shape index (κ1) is 11.9. The molecule has 0 unspecified atom stereocenters. The normalized spacial score (nSPS) is 17.2. The van der Waals surface area contributed by atoms with Gasteiger partial charge in [-0.15, -0.1) is 0 Å². The van der Waals surface area contributed by atoms with Gasteiger partial charge in [-0.05, 0) is 25.2 Å². The number of carboxylic acid groups (broad SMARTS) is 1. The second-order valence-electron chi connectivity index (χ2n) is 4.26. The summed E-state index contributed by atoms with van der Waals surface area (Å²) in [5, 5.41) is 8.74. The fourth-order valence-electron chi connectivity index (χ4n) is 1.94. The zero-order valence-corrected chi connectivity index (χ0v) is 9.69. The lowest BCUT2D eigenvalue weighted by Crippen LogP contribution is -2.44. The highest BCUT2D eigenvalue weighted by molar-refractivity contribution is 5.88. The fraction of sp³-hybridized carbons (Fsp3) is 0.417. The van der Waals surface area contributed by atoms with E-state index in [1.165, 1.54) is 12.1 Å². The summed E-state index contributed by atoms with van der Waals surface area (Å²) in [6, 6.07) is 4.29. The standard InChI is InChI=1S/C12H15FN2O2/c1-14-4-6-15(7-5-14)9-2-3-10(12(16)17)11(13)8-9/h2-3,8H,4-7H2,1H3,(H,16,17). The van der Waals surface area contributed by atoms with E-state index >= 15 is 0 Å². The van der Waals surface area contributed by atoms with Crippen LogP contribution in [0.15, 0.2) is 18.2 Å². The van der Waals surface area contributed by atoms with Crippen molar-refractivity contribution in [3.8, 4) is 0 Å². The molecule has 1 aromatic carbocycles. The minimum absolute atomic E-state index is 0.275. The molecule has 0 aliphatic carbocycles. The molecule has 0 amide bonds. The molecule has 0 aromatic heterocycles. The topological polar surface area (TPSA) is 43.8 Å². The lowest BCUT2D eigenvalue weighted by atomic mass is 10.1. The Bertz CT molecular complexity index is 429. The molecule has 2 rings (SSSR count). The van der Waals surface area contributed by atoms with E-state index in [4.69, 9.17) is 5.11 Å². The van der Waals surface area contributed by atoms with Crippen LogP contribution in [0.1, 0.15) is 10.4 Å². The summed E-state index contributed by atoms with van der Waals surface area (Å²) in [5.41, 5.74) is 0.475. The SMILES string of the molecule is CN1CCN(c2ccc(C(=O)O)c(F)c2)CC1. The number of likely N-dealkylation sites (N-methyl/N-ethyl adjacent to an activating group) is 1. The van der Waals surface area contributed by atoms with Gasteiger partial charge < -0.3 is 14.9 Å². The summed E-state index contributed by atoms with van der Waals surface area (Å²) in [6.45, 7) is 3.54. The molecule has 0 spiro atoms. The number of hydrogen-bond donors (Lipinski definition) is 1.